The van der Waals surface area contributed by atoms with E-state index in [-0.39, 0.29) is 0 Å². The fourth-order valence-corrected chi connectivity index (χ4v) is 1.01. The van der Waals surface area contributed by atoms with Crippen LogP contribution in [0.1, 0.15) is 32.5 Å². The van der Waals surface area contributed by atoms with Gasteiger partial charge in [-0.15, -0.1) is 0 Å². The van der Waals surface area contributed by atoms with Gasteiger partial charge in [0.15, 0.2) is 5.82 Å². The summed E-state index contributed by atoms with van der Waals surface area (Å²) in [4.78, 5) is 4.21. The normalized spacial score (nSPS) is 11.1. The minimum absolute atomic E-state index is 0.512. The van der Waals surface area contributed by atoms with Gasteiger partial charge in [0, 0.05) is 25.4 Å². The second-order valence-electron chi connectivity index (χ2n) is 3.32. The van der Waals surface area contributed by atoms with Crippen molar-refractivity contribution in [1.29, 1.82) is 0 Å². The van der Waals surface area contributed by atoms with E-state index in [1.54, 1.807) is 0 Å². The molecule has 0 spiro atoms. The first-order valence-corrected chi connectivity index (χ1v) is 4.77. The van der Waals surface area contributed by atoms with Crippen molar-refractivity contribution in [2.24, 2.45) is 0 Å². The van der Waals surface area contributed by atoms with E-state index in [1.807, 2.05) is 6.92 Å². The van der Waals surface area contributed by atoms with Crippen LogP contribution in [0.3, 0.4) is 0 Å². The number of aromatic nitrogens is 2. The summed E-state index contributed by atoms with van der Waals surface area (Å²) < 4.78 is 4.98. The zero-order chi connectivity index (χ0) is 9.68. The highest BCUT2D eigenvalue weighted by molar-refractivity contribution is 4.86. The Morgan fingerprint density at radius 3 is 2.77 bits per heavy atom. The van der Waals surface area contributed by atoms with E-state index in [4.69, 9.17) is 4.52 Å². The van der Waals surface area contributed by atoms with E-state index in [2.05, 4.69) is 29.3 Å². The molecule has 13 heavy (non-hydrogen) atoms. The summed E-state index contributed by atoms with van der Waals surface area (Å²) in [5.41, 5.74) is 0. The summed E-state index contributed by atoms with van der Waals surface area (Å²) in [6, 6.07) is 0.512. The molecule has 0 aliphatic heterocycles. The molecular weight excluding hydrogens is 166 g/mol. The summed E-state index contributed by atoms with van der Waals surface area (Å²) in [6.07, 6.45) is 1.65. The van der Waals surface area contributed by atoms with Crippen LogP contribution in [-0.4, -0.2) is 22.7 Å². The molecule has 1 aromatic rings. The second kappa shape index (κ2) is 4.97. The van der Waals surface area contributed by atoms with Crippen molar-refractivity contribution in [3.63, 3.8) is 0 Å². The first-order chi connectivity index (χ1) is 6.22. The van der Waals surface area contributed by atoms with Crippen molar-refractivity contribution in [1.82, 2.24) is 15.5 Å². The Hall–Kier alpha value is -0.900. The van der Waals surface area contributed by atoms with Gasteiger partial charge in [-0.1, -0.05) is 25.9 Å². The van der Waals surface area contributed by atoms with Gasteiger partial charge in [0.2, 0.25) is 5.89 Å². The Labute approximate surface area is 78.7 Å². The average molecular weight is 183 g/mol. The van der Waals surface area contributed by atoms with Gasteiger partial charge in [-0.05, 0) is 0 Å². The lowest BCUT2D eigenvalue weighted by Gasteiger charge is -2.04. The van der Waals surface area contributed by atoms with Crippen LogP contribution in [0.2, 0.25) is 0 Å². The number of nitrogens with zero attached hydrogens (tertiary/aromatic N) is 2. The molecule has 0 unspecified atom stereocenters. The van der Waals surface area contributed by atoms with E-state index in [9.17, 15) is 0 Å². The SMILES string of the molecule is CCc1nc(CCNC(C)C)no1. The molecule has 4 heteroatoms. The van der Waals surface area contributed by atoms with Crippen LogP contribution in [0.5, 0.6) is 0 Å². The van der Waals surface area contributed by atoms with Gasteiger partial charge < -0.3 is 9.84 Å². The van der Waals surface area contributed by atoms with Crippen molar-refractivity contribution < 1.29 is 4.52 Å². The molecule has 0 aliphatic carbocycles. The standard InChI is InChI=1S/C9H17N3O/c1-4-9-11-8(12-13-9)5-6-10-7(2)3/h7,10H,4-6H2,1-3H3. The van der Waals surface area contributed by atoms with Crippen LogP contribution in [-0.2, 0) is 12.8 Å². The first kappa shape index (κ1) is 10.2. The Kier molecular flexibility index (Phi) is 3.89. The molecule has 74 valence electrons. The molecule has 1 N–H and O–H groups in total. The van der Waals surface area contributed by atoms with Crippen LogP contribution in [0.15, 0.2) is 4.52 Å². The first-order valence-electron chi connectivity index (χ1n) is 4.77. The minimum Gasteiger partial charge on any atom is -0.339 e. The van der Waals surface area contributed by atoms with Gasteiger partial charge in [-0.3, -0.25) is 0 Å². The summed E-state index contributed by atoms with van der Waals surface area (Å²) in [6.45, 7) is 7.14. The molecule has 0 saturated heterocycles. The molecule has 0 radical (unpaired) electrons. The van der Waals surface area contributed by atoms with E-state index in [0.29, 0.717) is 6.04 Å². The van der Waals surface area contributed by atoms with Crippen LogP contribution in [0.25, 0.3) is 0 Å². The van der Waals surface area contributed by atoms with E-state index < -0.39 is 0 Å². The number of rotatable bonds is 5. The number of nitrogens with one attached hydrogen (secondary N) is 1. The summed E-state index contributed by atoms with van der Waals surface area (Å²) >= 11 is 0. The van der Waals surface area contributed by atoms with Crippen LogP contribution in [0.4, 0.5) is 0 Å². The molecule has 4 nitrogen and oxygen atoms in total. The van der Waals surface area contributed by atoms with Crippen LogP contribution < -0.4 is 5.32 Å². The second-order valence-corrected chi connectivity index (χ2v) is 3.32. The van der Waals surface area contributed by atoms with Crippen molar-refractivity contribution in [3.8, 4) is 0 Å². The molecule has 0 bridgehead atoms. The van der Waals surface area contributed by atoms with Crippen molar-refractivity contribution in [3.05, 3.63) is 11.7 Å². The highest BCUT2D eigenvalue weighted by atomic mass is 16.5. The molecule has 0 aliphatic rings. The largest absolute Gasteiger partial charge is 0.339 e. The fourth-order valence-electron chi connectivity index (χ4n) is 1.01. The van der Waals surface area contributed by atoms with Gasteiger partial charge in [0.1, 0.15) is 0 Å². The molecular formula is C9H17N3O. The zero-order valence-electron chi connectivity index (χ0n) is 8.50. The van der Waals surface area contributed by atoms with Gasteiger partial charge in [-0.25, -0.2) is 0 Å². The van der Waals surface area contributed by atoms with Crippen LogP contribution >= 0.6 is 0 Å². The molecule has 1 rings (SSSR count). The lowest BCUT2D eigenvalue weighted by Crippen LogP contribution is -2.25. The molecule has 1 heterocycles. The summed E-state index contributed by atoms with van der Waals surface area (Å²) in [5, 5.41) is 7.16. The monoisotopic (exact) mass is 183 g/mol. The fraction of sp³-hybridized carbons (Fsp3) is 0.778. The molecule has 0 amide bonds. The van der Waals surface area contributed by atoms with E-state index in [0.717, 1.165) is 31.1 Å². The van der Waals surface area contributed by atoms with E-state index >= 15 is 0 Å². The van der Waals surface area contributed by atoms with Crippen LogP contribution in [0, 0.1) is 0 Å². The Morgan fingerprint density at radius 1 is 1.46 bits per heavy atom. The van der Waals surface area contributed by atoms with Crippen molar-refractivity contribution in [2.75, 3.05) is 6.54 Å². The topological polar surface area (TPSA) is 51.0 Å². The van der Waals surface area contributed by atoms with Crippen molar-refractivity contribution >= 4 is 0 Å². The molecule has 0 fully saturated rings. The molecule has 1 aromatic heterocycles. The van der Waals surface area contributed by atoms with Gasteiger partial charge in [0.05, 0.1) is 0 Å². The third-order valence-electron chi connectivity index (χ3n) is 1.71. The lowest BCUT2D eigenvalue weighted by atomic mass is 10.3. The van der Waals surface area contributed by atoms with Gasteiger partial charge in [0.25, 0.3) is 0 Å². The zero-order valence-corrected chi connectivity index (χ0v) is 8.50. The predicted molar refractivity (Wildman–Crippen MR) is 50.5 cm³/mol. The molecule has 0 atom stereocenters. The smallest absolute Gasteiger partial charge is 0.226 e. The summed E-state index contributed by atoms with van der Waals surface area (Å²) in [7, 11) is 0. The van der Waals surface area contributed by atoms with Gasteiger partial charge in [-0.2, -0.15) is 4.98 Å². The molecule has 0 aromatic carbocycles. The van der Waals surface area contributed by atoms with Gasteiger partial charge >= 0.3 is 0 Å². The minimum atomic E-state index is 0.512. The third-order valence-corrected chi connectivity index (χ3v) is 1.71. The van der Waals surface area contributed by atoms with Crippen molar-refractivity contribution in [2.45, 2.75) is 39.7 Å². The Bertz CT molecular complexity index is 245. The highest BCUT2D eigenvalue weighted by Gasteiger charge is 2.03. The maximum atomic E-state index is 4.98. The van der Waals surface area contributed by atoms with E-state index in [1.165, 1.54) is 0 Å². The maximum absolute atomic E-state index is 4.98. The maximum Gasteiger partial charge on any atom is 0.226 e. The Balaban J connectivity index is 2.28. The average Bonchev–Trinajstić information content (AvgIpc) is 2.52. The number of aryl methyl sites for hydroxylation is 1. The highest BCUT2D eigenvalue weighted by Crippen LogP contribution is 1.97. The lowest BCUT2D eigenvalue weighted by molar-refractivity contribution is 0.376. The molecule has 0 saturated carbocycles. The Morgan fingerprint density at radius 2 is 2.23 bits per heavy atom. The third kappa shape index (κ3) is 3.55. The number of hydrogen-bond acceptors (Lipinski definition) is 4. The quantitative estimate of drug-likeness (QED) is 0.744. The summed E-state index contributed by atoms with van der Waals surface area (Å²) in [5.74, 6) is 1.52. The predicted octanol–water partition coefficient (Wildman–Crippen LogP) is 1.17. The number of hydrogen-bond donors (Lipinski definition) is 1.